The molecule has 32 heavy (non-hydrogen) atoms. The molecule has 188 valence electrons. The first kappa shape index (κ1) is 29.1. The van der Waals surface area contributed by atoms with Crippen molar-refractivity contribution in [2.75, 3.05) is 52.4 Å². The first-order valence-corrected chi connectivity index (χ1v) is 11.2. The van der Waals surface area contributed by atoms with Crippen LogP contribution in [-0.2, 0) is 4.74 Å². The molecule has 0 aliphatic carbocycles. The molecule has 2 heterocycles. The zero-order chi connectivity index (χ0) is 23.2. The Morgan fingerprint density at radius 1 is 1.12 bits per heavy atom. The number of carbonyl (C=O) groups is 1. The fourth-order valence-electron chi connectivity index (χ4n) is 3.88. The van der Waals surface area contributed by atoms with Crippen molar-refractivity contribution in [2.45, 2.75) is 65.3 Å². The van der Waals surface area contributed by atoms with E-state index in [2.05, 4.69) is 5.32 Å². The van der Waals surface area contributed by atoms with Crippen molar-refractivity contribution < 1.29 is 22.7 Å². The average Bonchev–Trinajstić information content (AvgIpc) is 2.69. The van der Waals surface area contributed by atoms with Crippen LogP contribution in [-0.4, -0.2) is 96.9 Å². The molecule has 2 rings (SSSR count). The van der Waals surface area contributed by atoms with Crippen molar-refractivity contribution in [1.82, 2.24) is 20.0 Å². The van der Waals surface area contributed by atoms with Crippen molar-refractivity contribution in [3.05, 3.63) is 0 Å². The maximum absolute atomic E-state index is 13.0. The first-order chi connectivity index (χ1) is 14.4. The summed E-state index contributed by atoms with van der Waals surface area (Å²) in [5.41, 5.74) is -0.522. The van der Waals surface area contributed by atoms with E-state index in [9.17, 15) is 18.0 Å². The Balaban J connectivity index is 0.00000512. The van der Waals surface area contributed by atoms with Gasteiger partial charge in [0, 0.05) is 52.4 Å². The van der Waals surface area contributed by atoms with E-state index >= 15 is 0 Å². The molecule has 2 unspecified atom stereocenters. The monoisotopic (exact) mass is 577 g/mol. The second-order valence-electron chi connectivity index (χ2n) is 9.37. The third-order valence-electron chi connectivity index (χ3n) is 5.64. The molecule has 1 amide bonds. The molecule has 0 spiro atoms. The molecule has 0 bridgehead atoms. The van der Waals surface area contributed by atoms with Crippen LogP contribution in [0.15, 0.2) is 4.99 Å². The Bertz CT molecular complexity index is 620. The molecule has 2 fully saturated rings. The Morgan fingerprint density at radius 3 is 2.28 bits per heavy atom. The summed E-state index contributed by atoms with van der Waals surface area (Å²) in [4.78, 5) is 22.4. The highest BCUT2D eigenvalue weighted by molar-refractivity contribution is 14.0. The summed E-state index contributed by atoms with van der Waals surface area (Å²) in [6, 6.07) is -1.43. The van der Waals surface area contributed by atoms with E-state index in [1.165, 1.54) is 11.8 Å². The number of likely N-dealkylation sites (tertiary alicyclic amines) is 1. The lowest BCUT2D eigenvalue weighted by atomic mass is 9.98. The molecule has 2 aliphatic heterocycles. The molecule has 2 saturated heterocycles. The number of nitrogens with one attached hydrogen (secondary N) is 1. The van der Waals surface area contributed by atoms with E-state index in [-0.39, 0.29) is 36.0 Å². The molecule has 2 atom stereocenters. The van der Waals surface area contributed by atoms with Crippen molar-refractivity contribution >= 4 is 36.0 Å². The lowest BCUT2D eigenvalue weighted by molar-refractivity contribution is -0.181. The molecule has 0 radical (unpaired) electrons. The van der Waals surface area contributed by atoms with Gasteiger partial charge in [-0.3, -0.25) is 9.89 Å². The van der Waals surface area contributed by atoms with Crippen LogP contribution >= 0.6 is 24.0 Å². The fourth-order valence-corrected chi connectivity index (χ4v) is 3.88. The van der Waals surface area contributed by atoms with Crippen LogP contribution in [0.3, 0.4) is 0 Å². The van der Waals surface area contributed by atoms with Crippen LogP contribution < -0.4 is 5.32 Å². The summed E-state index contributed by atoms with van der Waals surface area (Å²) < 4.78 is 44.4. The molecule has 0 saturated carbocycles. The quantitative estimate of drug-likeness (QED) is 0.313. The SMILES string of the molecule is CCNC(=NCC1CCCN(C(=O)OC(C)(C)C)C1)N1CCN(C(C)C(F)(F)F)CC1.I. The highest BCUT2D eigenvalue weighted by atomic mass is 127. The van der Waals surface area contributed by atoms with Gasteiger partial charge in [0.2, 0.25) is 0 Å². The highest BCUT2D eigenvalue weighted by Crippen LogP contribution is 2.25. The van der Waals surface area contributed by atoms with Crippen molar-refractivity contribution in [1.29, 1.82) is 0 Å². The number of guanidine groups is 1. The Kier molecular flexibility index (Phi) is 11.3. The minimum absolute atomic E-state index is 0. The van der Waals surface area contributed by atoms with Crippen LogP contribution in [0.25, 0.3) is 0 Å². The molecule has 0 aromatic carbocycles. The third-order valence-corrected chi connectivity index (χ3v) is 5.64. The second kappa shape index (κ2) is 12.5. The van der Waals surface area contributed by atoms with E-state index in [1.54, 1.807) is 4.90 Å². The predicted octanol–water partition coefficient (Wildman–Crippen LogP) is 3.79. The molecular weight excluding hydrogens is 538 g/mol. The molecule has 0 aromatic rings. The predicted molar refractivity (Wildman–Crippen MR) is 131 cm³/mol. The molecule has 0 aromatic heterocycles. The number of aliphatic imine (C=N–C) groups is 1. The summed E-state index contributed by atoms with van der Waals surface area (Å²) >= 11 is 0. The number of piperazine rings is 1. The van der Waals surface area contributed by atoms with Crippen LogP contribution in [0.1, 0.15) is 47.5 Å². The number of amides is 1. The number of hydrogen-bond donors (Lipinski definition) is 1. The first-order valence-electron chi connectivity index (χ1n) is 11.2. The van der Waals surface area contributed by atoms with Crippen LogP contribution in [0.2, 0.25) is 0 Å². The number of carbonyl (C=O) groups excluding carboxylic acids is 1. The summed E-state index contributed by atoms with van der Waals surface area (Å²) in [7, 11) is 0. The lowest BCUT2D eigenvalue weighted by Crippen LogP contribution is -2.56. The number of alkyl halides is 3. The Labute approximate surface area is 207 Å². The smallest absolute Gasteiger partial charge is 0.410 e. The number of nitrogens with zero attached hydrogens (tertiary/aromatic N) is 4. The topological polar surface area (TPSA) is 60.4 Å². The van der Waals surface area contributed by atoms with Gasteiger partial charge in [-0.05, 0) is 53.4 Å². The molecular formula is C21H39F3IN5O2. The molecule has 7 nitrogen and oxygen atoms in total. The van der Waals surface area contributed by atoms with Gasteiger partial charge in [0.25, 0.3) is 0 Å². The zero-order valence-corrected chi connectivity index (χ0v) is 22.2. The van der Waals surface area contributed by atoms with E-state index in [4.69, 9.17) is 9.73 Å². The van der Waals surface area contributed by atoms with Gasteiger partial charge >= 0.3 is 12.3 Å². The summed E-state index contributed by atoms with van der Waals surface area (Å²) in [5.74, 6) is 0.970. The standard InChI is InChI=1S/C21H38F3N5O2.HI/c1-6-25-18(28-12-10-27(11-13-28)16(2)21(22,23)24)26-14-17-8-7-9-29(15-17)19(30)31-20(3,4)5;/h16-17H,6-15H2,1-5H3,(H,25,26);1H. The van der Waals surface area contributed by atoms with Crippen molar-refractivity contribution in [2.24, 2.45) is 10.9 Å². The van der Waals surface area contributed by atoms with Gasteiger partial charge in [0.05, 0.1) is 0 Å². The van der Waals surface area contributed by atoms with E-state index in [0.717, 1.165) is 18.8 Å². The minimum Gasteiger partial charge on any atom is -0.444 e. The number of ether oxygens (including phenoxy) is 1. The van der Waals surface area contributed by atoms with E-state index in [0.29, 0.717) is 52.4 Å². The van der Waals surface area contributed by atoms with Crippen LogP contribution in [0, 0.1) is 5.92 Å². The Morgan fingerprint density at radius 2 is 1.75 bits per heavy atom. The van der Waals surface area contributed by atoms with Gasteiger partial charge < -0.3 is 19.9 Å². The summed E-state index contributed by atoms with van der Waals surface area (Å²) in [6.45, 7) is 13.0. The lowest BCUT2D eigenvalue weighted by Gasteiger charge is -2.40. The fraction of sp³-hybridized carbons (Fsp3) is 0.905. The van der Waals surface area contributed by atoms with Gasteiger partial charge in [-0.15, -0.1) is 24.0 Å². The minimum atomic E-state index is -4.21. The third kappa shape index (κ3) is 9.11. The van der Waals surface area contributed by atoms with Gasteiger partial charge in [0.15, 0.2) is 5.96 Å². The molecule has 1 N–H and O–H groups in total. The Hall–Kier alpha value is -0.980. The van der Waals surface area contributed by atoms with E-state index < -0.39 is 17.8 Å². The number of hydrogen-bond acceptors (Lipinski definition) is 4. The highest BCUT2D eigenvalue weighted by Gasteiger charge is 2.41. The summed E-state index contributed by atoms with van der Waals surface area (Å²) in [6.07, 6.45) is -2.60. The van der Waals surface area contributed by atoms with Crippen molar-refractivity contribution in [3.8, 4) is 0 Å². The number of halogens is 4. The summed E-state index contributed by atoms with van der Waals surface area (Å²) in [5, 5.41) is 3.26. The molecule has 2 aliphatic rings. The van der Waals surface area contributed by atoms with Crippen molar-refractivity contribution in [3.63, 3.8) is 0 Å². The number of rotatable bonds is 4. The second-order valence-corrected chi connectivity index (χ2v) is 9.37. The van der Waals surface area contributed by atoms with Gasteiger partial charge in [-0.1, -0.05) is 0 Å². The normalized spacial score (nSPS) is 22.2. The van der Waals surface area contributed by atoms with Crippen LogP contribution in [0.5, 0.6) is 0 Å². The maximum Gasteiger partial charge on any atom is 0.410 e. The van der Waals surface area contributed by atoms with Gasteiger partial charge in [-0.25, -0.2) is 4.79 Å². The van der Waals surface area contributed by atoms with Crippen LogP contribution in [0.4, 0.5) is 18.0 Å². The molecule has 11 heteroatoms. The zero-order valence-electron chi connectivity index (χ0n) is 19.9. The largest absolute Gasteiger partial charge is 0.444 e. The average molecular weight is 577 g/mol. The van der Waals surface area contributed by atoms with Gasteiger partial charge in [-0.2, -0.15) is 13.2 Å². The van der Waals surface area contributed by atoms with E-state index in [1.807, 2.05) is 32.6 Å². The maximum atomic E-state index is 13.0. The van der Waals surface area contributed by atoms with Gasteiger partial charge in [0.1, 0.15) is 11.6 Å². The number of piperidine rings is 1.